The van der Waals surface area contributed by atoms with Crippen molar-refractivity contribution in [3.63, 3.8) is 0 Å². The minimum atomic E-state index is -0.232. The molecule has 1 aromatic heterocycles. The van der Waals surface area contributed by atoms with Gasteiger partial charge in [0, 0.05) is 0 Å². The van der Waals surface area contributed by atoms with Crippen molar-refractivity contribution in [2.45, 2.75) is 19.1 Å². The summed E-state index contributed by atoms with van der Waals surface area (Å²) >= 11 is 0. The van der Waals surface area contributed by atoms with Gasteiger partial charge in [-0.1, -0.05) is 48.5 Å². The van der Waals surface area contributed by atoms with Crippen LogP contribution < -0.4 is 10.5 Å². The first kappa shape index (κ1) is 14.3. The lowest BCUT2D eigenvalue weighted by Gasteiger charge is -2.07. The van der Waals surface area contributed by atoms with Crippen molar-refractivity contribution in [2.75, 3.05) is 0 Å². The number of aromatic amines is 1. The number of para-hydroxylation sites is 1. The van der Waals surface area contributed by atoms with E-state index < -0.39 is 0 Å². The van der Waals surface area contributed by atoms with Crippen molar-refractivity contribution < 1.29 is 4.74 Å². The van der Waals surface area contributed by atoms with Gasteiger partial charge in [0.2, 0.25) is 0 Å². The zero-order valence-electron chi connectivity index (χ0n) is 12.1. The topological polar surface area (TPSA) is 76.8 Å². The standard InChI is InChI=1S/C17H18N4O/c18-15(11-13-7-3-1-4-8-13)17-19-16(20-21-17)12-22-14-9-5-2-6-10-14/h1-10,15H,11-12,18H2,(H,19,20,21)/t15-/m1/s1. The molecule has 0 saturated heterocycles. The number of rotatable bonds is 6. The lowest BCUT2D eigenvalue weighted by atomic mass is 10.1. The van der Waals surface area contributed by atoms with Crippen LogP contribution in [0.25, 0.3) is 0 Å². The van der Waals surface area contributed by atoms with E-state index in [1.165, 1.54) is 5.56 Å². The molecule has 22 heavy (non-hydrogen) atoms. The molecule has 3 N–H and O–H groups in total. The Kier molecular flexibility index (Phi) is 4.46. The monoisotopic (exact) mass is 294 g/mol. The van der Waals surface area contributed by atoms with E-state index in [1.54, 1.807) is 0 Å². The van der Waals surface area contributed by atoms with Crippen molar-refractivity contribution in [3.05, 3.63) is 77.9 Å². The van der Waals surface area contributed by atoms with Crippen LogP contribution in [0.2, 0.25) is 0 Å². The Morgan fingerprint density at radius 1 is 1.00 bits per heavy atom. The maximum Gasteiger partial charge on any atom is 0.167 e. The maximum absolute atomic E-state index is 6.16. The van der Waals surface area contributed by atoms with Gasteiger partial charge in [-0.25, -0.2) is 4.98 Å². The van der Waals surface area contributed by atoms with E-state index in [4.69, 9.17) is 10.5 Å². The zero-order valence-corrected chi connectivity index (χ0v) is 12.1. The summed E-state index contributed by atoms with van der Waals surface area (Å²) in [4.78, 5) is 4.40. The number of aromatic nitrogens is 3. The Labute approximate surface area is 129 Å². The van der Waals surface area contributed by atoms with E-state index in [-0.39, 0.29) is 6.04 Å². The lowest BCUT2D eigenvalue weighted by Crippen LogP contribution is -2.15. The van der Waals surface area contributed by atoms with Crippen LogP contribution >= 0.6 is 0 Å². The van der Waals surface area contributed by atoms with E-state index in [2.05, 4.69) is 15.2 Å². The number of nitrogens with zero attached hydrogens (tertiary/aromatic N) is 2. The lowest BCUT2D eigenvalue weighted by molar-refractivity contribution is 0.296. The summed E-state index contributed by atoms with van der Waals surface area (Å²) in [6, 6.07) is 19.5. The molecule has 5 nitrogen and oxygen atoms in total. The first-order valence-corrected chi connectivity index (χ1v) is 7.20. The second kappa shape index (κ2) is 6.87. The molecule has 2 aromatic carbocycles. The molecule has 1 atom stereocenters. The van der Waals surface area contributed by atoms with Crippen LogP contribution in [0.1, 0.15) is 23.3 Å². The Morgan fingerprint density at radius 2 is 1.68 bits per heavy atom. The summed E-state index contributed by atoms with van der Waals surface area (Å²) in [7, 11) is 0. The van der Waals surface area contributed by atoms with E-state index in [1.807, 2.05) is 60.7 Å². The number of ether oxygens (including phenoxy) is 1. The number of benzene rings is 2. The average Bonchev–Trinajstić information content (AvgIpc) is 3.04. The van der Waals surface area contributed by atoms with E-state index in [9.17, 15) is 0 Å². The number of nitrogens with two attached hydrogens (primary N) is 1. The molecule has 3 rings (SSSR count). The van der Waals surface area contributed by atoms with Crippen molar-refractivity contribution in [3.8, 4) is 5.75 Å². The smallest absolute Gasteiger partial charge is 0.167 e. The quantitative estimate of drug-likeness (QED) is 0.732. The highest BCUT2D eigenvalue weighted by Crippen LogP contribution is 2.14. The second-order valence-electron chi connectivity index (χ2n) is 5.04. The van der Waals surface area contributed by atoms with Gasteiger partial charge in [0.05, 0.1) is 6.04 Å². The van der Waals surface area contributed by atoms with Crippen molar-refractivity contribution in [2.24, 2.45) is 5.73 Å². The summed E-state index contributed by atoms with van der Waals surface area (Å²) in [6.45, 7) is 0.342. The average molecular weight is 294 g/mol. The van der Waals surface area contributed by atoms with Gasteiger partial charge in [-0.2, -0.15) is 5.10 Å². The van der Waals surface area contributed by atoms with Gasteiger partial charge >= 0.3 is 0 Å². The highest BCUT2D eigenvalue weighted by molar-refractivity contribution is 5.21. The number of hydrogen-bond donors (Lipinski definition) is 2. The fourth-order valence-corrected chi connectivity index (χ4v) is 2.17. The summed E-state index contributed by atoms with van der Waals surface area (Å²) in [6.07, 6.45) is 0.706. The Hall–Kier alpha value is -2.66. The fraction of sp³-hybridized carbons (Fsp3) is 0.176. The number of hydrogen-bond acceptors (Lipinski definition) is 4. The molecule has 0 radical (unpaired) electrons. The normalized spacial score (nSPS) is 12.0. The van der Waals surface area contributed by atoms with Gasteiger partial charge in [0.25, 0.3) is 0 Å². The molecule has 0 amide bonds. The molecular formula is C17H18N4O. The molecule has 0 aliphatic rings. The SMILES string of the molecule is N[C@H](Cc1ccccc1)c1n[nH]c(COc2ccccc2)n1. The predicted octanol–water partition coefficient (Wildman–Crippen LogP) is 2.63. The van der Waals surface area contributed by atoms with Crippen LogP contribution in [-0.4, -0.2) is 15.2 Å². The van der Waals surface area contributed by atoms with Crippen LogP contribution in [0.3, 0.4) is 0 Å². The van der Waals surface area contributed by atoms with Gasteiger partial charge in [0.1, 0.15) is 12.4 Å². The van der Waals surface area contributed by atoms with Gasteiger partial charge in [-0.3, -0.25) is 5.10 Å². The Morgan fingerprint density at radius 3 is 2.41 bits per heavy atom. The van der Waals surface area contributed by atoms with Crippen LogP contribution in [0.5, 0.6) is 5.75 Å². The van der Waals surface area contributed by atoms with Crippen LogP contribution in [0, 0.1) is 0 Å². The molecule has 0 aliphatic carbocycles. The van der Waals surface area contributed by atoms with Crippen molar-refractivity contribution in [1.29, 1.82) is 0 Å². The molecule has 0 spiro atoms. The van der Waals surface area contributed by atoms with Crippen molar-refractivity contribution in [1.82, 2.24) is 15.2 Å². The Bertz CT molecular complexity index is 697. The first-order valence-electron chi connectivity index (χ1n) is 7.20. The summed E-state index contributed by atoms with van der Waals surface area (Å²) < 4.78 is 5.63. The predicted molar refractivity (Wildman–Crippen MR) is 84.2 cm³/mol. The molecular weight excluding hydrogens is 276 g/mol. The minimum absolute atomic E-state index is 0.232. The molecule has 0 unspecified atom stereocenters. The van der Waals surface area contributed by atoms with E-state index in [0.29, 0.717) is 24.7 Å². The molecule has 0 fully saturated rings. The van der Waals surface area contributed by atoms with Crippen LogP contribution in [0.15, 0.2) is 60.7 Å². The molecule has 1 heterocycles. The summed E-state index contributed by atoms with van der Waals surface area (Å²) in [5, 5.41) is 7.06. The number of nitrogens with one attached hydrogen (secondary N) is 1. The van der Waals surface area contributed by atoms with Crippen LogP contribution in [-0.2, 0) is 13.0 Å². The minimum Gasteiger partial charge on any atom is -0.486 e. The van der Waals surface area contributed by atoms with Crippen LogP contribution in [0.4, 0.5) is 0 Å². The zero-order chi connectivity index (χ0) is 15.2. The highest BCUT2D eigenvalue weighted by atomic mass is 16.5. The third kappa shape index (κ3) is 3.71. The summed E-state index contributed by atoms with van der Waals surface area (Å²) in [5.41, 5.74) is 7.33. The largest absolute Gasteiger partial charge is 0.486 e. The van der Waals surface area contributed by atoms with Gasteiger partial charge < -0.3 is 10.5 Å². The third-order valence-corrected chi connectivity index (χ3v) is 3.30. The van der Waals surface area contributed by atoms with E-state index >= 15 is 0 Å². The van der Waals surface area contributed by atoms with Gasteiger partial charge in [0.15, 0.2) is 11.6 Å². The van der Waals surface area contributed by atoms with Gasteiger partial charge in [-0.15, -0.1) is 0 Å². The van der Waals surface area contributed by atoms with Gasteiger partial charge in [-0.05, 0) is 24.1 Å². The Balaban J connectivity index is 1.58. The second-order valence-corrected chi connectivity index (χ2v) is 5.04. The van der Waals surface area contributed by atoms with E-state index in [0.717, 1.165) is 5.75 Å². The molecule has 5 heteroatoms. The molecule has 112 valence electrons. The molecule has 3 aromatic rings. The van der Waals surface area contributed by atoms with Crippen molar-refractivity contribution >= 4 is 0 Å². The fourth-order valence-electron chi connectivity index (χ4n) is 2.17. The maximum atomic E-state index is 6.16. The first-order chi connectivity index (χ1) is 10.8. The molecule has 0 saturated carbocycles. The molecule has 0 bridgehead atoms. The number of H-pyrrole nitrogens is 1. The third-order valence-electron chi connectivity index (χ3n) is 3.30. The highest BCUT2D eigenvalue weighted by Gasteiger charge is 2.13. The summed E-state index contributed by atoms with van der Waals surface area (Å²) in [5.74, 6) is 2.08. The molecule has 0 aliphatic heterocycles.